The number of allylic oxidation sites excluding steroid dienone is 2. The molecule has 2 nitrogen and oxygen atoms in total. The number of hydrogen-bond donors (Lipinski definition) is 0. The second-order valence-electron chi connectivity index (χ2n) is 4.91. The number of fused-ring (bicyclic) bond motifs is 1. The minimum absolute atomic E-state index is 0.421. The SMILES string of the molecule is N#CC1=C[C@@H](c2ccccc2)C[C@@H]2CCCN12. The van der Waals surface area contributed by atoms with E-state index in [4.69, 9.17) is 0 Å². The van der Waals surface area contributed by atoms with Crippen molar-refractivity contribution in [3.05, 3.63) is 47.7 Å². The van der Waals surface area contributed by atoms with Crippen LogP contribution in [0.25, 0.3) is 0 Å². The number of hydrogen-bond acceptors (Lipinski definition) is 2. The number of nitriles is 1. The van der Waals surface area contributed by atoms with Gasteiger partial charge in [-0.2, -0.15) is 5.26 Å². The van der Waals surface area contributed by atoms with Crippen LogP contribution in [-0.4, -0.2) is 17.5 Å². The van der Waals surface area contributed by atoms with Gasteiger partial charge in [0.05, 0.1) is 0 Å². The smallest absolute Gasteiger partial charge is 0.117 e. The molecule has 0 spiro atoms. The van der Waals surface area contributed by atoms with Crippen molar-refractivity contribution in [3.8, 4) is 6.07 Å². The Kier molecular flexibility index (Phi) is 2.60. The number of nitrogens with zero attached hydrogens (tertiary/aromatic N) is 2. The van der Waals surface area contributed by atoms with Crippen LogP contribution in [0.2, 0.25) is 0 Å². The van der Waals surface area contributed by atoms with E-state index in [0.29, 0.717) is 12.0 Å². The summed E-state index contributed by atoms with van der Waals surface area (Å²) in [6, 6.07) is 13.5. The van der Waals surface area contributed by atoms with Gasteiger partial charge < -0.3 is 4.90 Å². The van der Waals surface area contributed by atoms with E-state index in [-0.39, 0.29) is 0 Å². The maximum absolute atomic E-state index is 9.24. The van der Waals surface area contributed by atoms with Crippen LogP contribution in [0, 0.1) is 11.3 Å². The molecule has 2 atom stereocenters. The van der Waals surface area contributed by atoms with Gasteiger partial charge in [0.1, 0.15) is 11.8 Å². The maximum Gasteiger partial charge on any atom is 0.117 e. The molecule has 1 aromatic rings. The first-order valence-corrected chi connectivity index (χ1v) is 6.32. The van der Waals surface area contributed by atoms with Crippen LogP contribution in [0.15, 0.2) is 42.1 Å². The molecule has 0 aromatic heterocycles. The summed E-state index contributed by atoms with van der Waals surface area (Å²) >= 11 is 0. The average molecular weight is 224 g/mol. The second kappa shape index (κ2) is 4.25. The Morgan fingerprint density at radius 1 is 1.24 bits per heavy atom. The topological polar surface area (TPSA) is 27.0 Å². The molecule has 1 fully saturated rings. The number of benzene rings is 1. The fourth-order valence-electron chi connectivity index (χ4n) is 3.08. The minimum atomic E-state index is 0.421. The van der Waals surface area contributed by atoms with Gasteiger partial charge in [-0.1, -0.05) is 30.3 Å². The Labute approximate surface area is 102 Å². The second-order valence-corrected chi connectivity index (χ2v) is 4.91. The Bertz CT molecular complexity index is 469. The van der Waals surface area contributed by atoms with Gasteiger partial charge in [0, 0.05) is 18.5 Å². The third-order valence-electron chi connectivity index (χ3n) is 3.91. The van der Waals surface area contributed by atoms with Crippen molar-refractivity contribution in [2.75, 3.05) is 6.54 Å². The highest BCUT2D eigenvalue weighted by Crippen LogP contribution is 2.37. The lowest BCUT2D eigenvalue weighted by Crippen LogP contribution is -2.33. The van der Waals surface area contributed by atoms with Crippen molar-refractivity contribution in [1.82, 2.24) is 4.90 Å². The lowest BCUT2D eigenvalue weighted by atomic mass is 9.87. The van der Waals surface area contributed by atoms with E-state index in [1.54, 1.807) is 0 Å². The van der Waals surface area contributed by atoms with E-state index in [0.717, 1.165) is 18.7 Å². The molecule has 2 aliphatic heterocycles. The van der Waals surface area contributed by atoms with E-state index < -0.39 is 0 Å². The van der Waals surface area contributed by atoms with Gasteiger partial charge in [0.25, 0.3) is 0 Å². The first-order chi connectivity index (χ1) is 8.38. The number of rotatable bonds is 1. The largest absolute Gasteiger partial charge is 0.360 e. The zero-order valence-electron chi connectivity index (χ0n) is 9.84. The fourth-order valence-corrected chi connectivity index (χ4v) is 3.08. The molecule has 2 aliphatic rings. The maximum atomic E-state index is 9.24. The highest BCUT2D eigenvalue weighted by molar-refractivity contribution is 5.33. The average Bonchev–Trinajstić information content (AvgIpc) is 2.86. The van der Waals surface area contributed by atoms with Crippen LogP contribution in [-0.2, 0) is 0 Å². The summed E-state index contributed by atoms with van der Waals surface area (Å²) in [5.74, 6) is 0.421. The monoisotopic (exact) mass is 224 g/mol. The summed E-state index contributed by atoms with van der Waals surface area (Å²) in [6.45, 7) is 1.06. The van der Waals surface area contributed by atoms with Gasteiger partial charge in [-0.05, 0) is 30.9 Å². The van der Waals surface area contributed by atoms with Gasteiger partial charge in [0.2, 0.25) is 0 Å². The van der Waals surface area contributed by atoms with Crippen LogP contribution in [0.3, 0.4) is 0 Å². The van der Waals surface area contributed by atoms with Gasteiger partial charge in [-0.15, -0.1) is 0 Å². The van der Waals surface area contributed by atoms with E-state index in [1.807, 2.05) is 6.07 Å². The lowest BCUT2D eigenvalue weighted by molar-refractivity contribution is 0.287. The molecule has 2 heteroatoms. The summed E-state index contributed by atoms with van der Waals surface area (Å²) in [5, 5.41) is 9.24. The van der Waals surface area contributed by atoms with Crippen molar-refractivity contribution in [3.63, 3.8) is 0 Å². The molecule has 17 heavy (non-hydrogen) atoms. The van der Waals surface area contributed by atoms with E-state index in [1.165, 1.54) is 18.4 Å². The molecule has 3 rings (SSSR count). The molecule has 1 aromatic carbocycles. The van der Waals surface area contributed by atoms with Crippen molar-refractivity contribution < 1.29 is 0 Å². The predicted octanol–water partition coefficient (Wildman–Crippen LogP) is 3.05. The molecule has 2 heterocycles. The van der Waals surface area contributed by atoms with Crippen molar-refractivity contribution >= 4 is 0 Å². The molecule has 0 unspecified atom stereocenters. The summed E-state index contributed by atoms with van der Waals surface area (Å²) in [5.41, 5.74) is 2.22. The quantitative estimate of drug-likeness (QED) is 0.733. The molecule has 0 saturated carbocycles. The summed E-state index contributed by atoms with van der Waals surface area (Å²) < 4.78 is 0. The van der Waals surface area contributed by atoms with Gasteiger partial charge in [-0.3, -0.25) is 0 Å². The Hall–Kier alpha value is -1.75. The van der Waals surface area contributed by atoms with Crippen LogP contribution < -0.4 is 0 Å². The highest BCUT2D eigenvalue weighted by Gasteiger charge is 2.32. The molecular formula is C15H16N2. The molecule has 0 bridgehead atoms. The Morgan fingerprint density at radius 3 is 2.82 bits per heavy atom. The Morgan fingerprint density at radius 2 is 2.06 bits per heavy atom. The van der Waals surface area contributed by atoms with Crippen molar-refractivity contribution in [2.24, 2.45) is 0 Å². The molecule has 86 valence electrons. The minimum Gasteiger partial charge on any atom is -0.360 e. The van der Waals surface area contributed by atoms with E-state index in [2.05, 4.69) is 41.3 Å². The third kappa shape index (κ3) is 1.82. The van der Waals surface area contributed by atoms with Crippen molar-refractivity contribution in [1.29, 1.82) is 5.26 Å². The summed E-state index contributed by atoms with van der Waals surface area (Å²) in [7, 11) is 0. The molecule has 0 radical (unpaired) electrons. The normalized spacial score (nSPS) is 27.2. The first-order valence-electron chi connectivity index (χ1n) is 6.32. The van der Waals surface area contributed by atoms with Gasteiger partial charge in [-0.25, -0.2) is 0 Å². The van der Waals surface area contributed by atoms with Gasteiger partial charge in [0.15, 0.2) is 0 Å². The summed E-state index contributed by atoms with van der Waals surface area (Å²) in [4.78, 5) is 2.29. The standard InChI is InChI=1S/C15H16N2/c16-11-15-10-13(12-5-2-1-3-6-12)9-14-7-4-8-17(14)15/h1-3,5-6,10,13-14H,4,7-9H2/t13-,14-/m0/s1. The zero-order chi connectivity index (χ0) is 11.7. The van der Waals surface area contributed by atoms with Gasteiger partial charge >= 0.3 is 0 Å². The molecule has 0 amide bonds. The Balaban J connectivity index is 1.93. The molecule has 1 saturated heterocycles. The van der Waals surface area contributed by atoms with E-state index in [9.17, 15) is 5.26 Å². The predicted molar refractivity (Wildman–Crippen MR) is 67.2 cm³/mol. The van der Waals surface area contributed by atoms with E-state index >= 15 is 0 Å². The lowest BCUT2D eigenvalue weighted by Gasteiger charge is -2.33. The molecular weight excluding hydrogens is 208 g/mol. The molecule has 0 N–H and O–H groups in total. The van der Waals surface area contributed by atoms with Crippen LogP contribution in [0.4, 0.5) is 0 Å². The zero-order valence-corrected chi connectivity index (χ0v) is 9.84. The molecule has 0 aliphatic carbocycles. The summed E-state index contributed by atoms with van der Waals surface area (Å²) in [6.07, 6.45) is 5.78. The van der Waals surface area contributed by atoms with Crippen LogP contribution >= 0.6 is 0 Å². The van der Waals surface area contributed by atoms with Crippen LogP contribution in [0.5, 0.6) is 0 Å². The third-order valence-corrected chi connectivity index (χ3v) is 3.91. The fraction of sp³-hybridized carbons (Fsp3) is 0.400. The highest BCUT2D eigenvalue weighted by atomic mass is 15.2. The van der Waals surface area contributed by atoms with Crippen molar-refractivity contribution in [2.45, 2.75) is 31.2 Å². The first kappa shape index (κ1) is 10.4. The van der Waals surface area contributed by atoms with Crippen LogP contribution in [0.1, 0.15) is 30.7 Å².